The molecule has 0 amide bonds. The van der Waals surface area contributed by atoms with Gasteiger partial charge in [-0.3, -0.25) is 0 Å². The maximum Gasteiger partial charge on any atom is 0.0507 e. The summed E-state index contributed by atoms with van der Waals surface area (Å²) in [7, 11) is 1.77. The van der Waals surface area contributed by atoms with Crippen molar-refractivity contribution >= 4 is 28.9 Å². The Balaban J connectivity index is 2.08. The molecule has 1 atom stereocenters. The van der Waals surface area contributed by atoms with E-state index in [0.717, 1.165) is 30.3 Å². The quantitative estimate of drug-likeness (QED) is 0.778. The molecule has 0 N–H and O–H groups in total. The van der Waals surface area contributed by atoms with Crippen molar-refractivity contribution in [1.82, 2.24) is 0 Å². The first-order valence-corrected chi connectivity index (χ1v) is 7.24. The van der Waals surface area contributed by atoms with E-state index >= 15 is 0 Å². The van der Waals surface area contributed by atoms with Crippen molar-refractivity contribution in [2.75, 3.05) is 31.7 Å². The van der Waals surface area contributed by atoms with E-state index in [9.17, 15) is 0 Å². The van der Waals surface area contributed by atoms with Gasteiger partial charge < -0.3 is 9.64 Å². The minimum atomic E-state index is 0.464. The number of rotatable bonds is 4. The summed E-state index contributed by atoms with van der Waals surface area (Å²) < 4.78 is 5.26. The molecule has 4 heteroatoms. The van der Waals surface area contributed by atoms with Crippen molar-refractivity contribution in [3.05, 3.63) is 28.8 Å². The Hall–Kier alpha value is -0.440. The molecular formula is C14H19Cl2NO. The Labute approximate surface area is 119 Å². The third-order valence-corrected chi connectivity index (χ3v) is 4.11. The first kappa shape index (κ1) is 14.0. The number of ether oxygens (including phenoxy) is 1. The molecule has 0 radical (unpaired) electrons. The van der Waals surface area contributed by atoms with Gasteiger partial charge in [-0.15, -0.1) is 11.6 Å². The fourth-order valence-corrected chi connectivity index (χ4v) is 3.06. The number of halogens is 2. The lowest BCUT2D eigenvalue weighted by Gasteiger charge is -2.34. The molecule has 0 saturated carbocycles. The number of piperidine rings is 1. The van der Waals surface area contributed by atoms with Crippen LogP contribution in [0.1, 0.15) is 18.4 Å². The molecule has 1 aliphatic rings. The number of methoxy groups -OCH3 is 1. The normalized spacial score (nSPS) is 20.2. The summed E-state index contributed by atoms with van der Waals surface area (Å²) in [5, 5.41) is 0.761. The molecule has 1 fully saturated rings. The summed E-state index contributed by atoms with van der Waals surface area (Å²) in [5.74, 6) is 1.08. The molecule has 1 unspecified atom stereocenters. The molecule has 100 valence electrons. The molecule has 0 aliphatic carbocycles. The smallest absolute Gasteiger partial charge is 0.0507 e. The fourth-order valence-electron chi connectivity index (χ4n) is 2.51. The Morgan fingerprint density at radius 3 is 2.94 bits per heavy atom. The van der Waals surface area contributed by atoms with Crippen LogP contribution in [0.2, 0.25) is 5.02 Å². The Morgan fingerprint density at radius 1 is 1.44 bits per heavy atom. The van der Waals surface area contributed by atoms with E-state index in [-0.39, 0.29) is 0 Å². The molecule has 18 heavy (non-hydrogen) atoms. The monoisotopic (exact) mass is 287 g/mol. The van der Waals surface area contributed by atoms with Crippen molar-refractivity contribution in [1.29, 1.82) is 0 Å². The van der Waals surface area contributed by atoms with Gasteiger partial charge in [0.1, 0.15) is 0 Å². The van der Waals surface area contributed by atoms with Crippen molar-refractivity contribution < 1.29 is 4.74 Å². The van der Waals surface area contributed by atoms with Gasteiger partial charge in [0.2, 0.25) is 0 Å². The molecule has 1 heterocycles. The van der Waals surface area contributed by atoms with E-state index in [4.69, 9.17) is 27.9 Å². The molecule has 1 saturated heterocycles. The highest BCUT2D eigenvalue weighted by molar-refractivity contribution is 6.32. The first-order chi connectivity index (χ1) is 8.74. The van der Waals surface area contributed by atoms with Crippen LogP contribution in [0.5, 0.6) is 0 Å². The second-order valence-corrected chi connectivity index (χ2v) is 5.49. The van der Waals surface area contributed by atoms with Crippen LogP contribution in [0.15, 0.2) is 18.2 Å². The lowest BCUT2D eigenvalue weighted by Crippen LogP contribution is -2.37. The van der Waals surface area contributed by atoms with Crippen molar-refractivity contribution in [3.8, 4) is 0 Å². The van der Waals surface area contributed by atoms with E-state index in [1.807, 2.05) is 12.1 Å². The Bertz CT molecular complexity index is 395. The number of hydrogen-bond donors (Lipinski definition) is 0. The summed E-state index contributed by atoms with van der Waals surface area (Å²) in [6.07, 6.45) is 2.46. The fraction of sp³-hybridized carbons (Fsp3) is 0.571. The third-order valence-electron chi connectivity index (χ3n) is 3.47. The first-order valence-electron chi connectivity index (χ1n) is 6.33. The van der Waals surface area contributed by atoms with Crippen LogP contribution in [-0.2, 0) is 10.6 Å². The second kappa shape index (κ2) is 6.65. The summed E-state index contributed by atoms with van der Waals surface area (Å²) >= 11 is 12.0. The van der Waals surface area contributed by atoms with E-state index in [1.165, 1.54) is 18.5 Å². The minimum Gasteiger partial charge on any atom is -0.384 e. The van der Waals surface area contributed by atoms with Gasteiger partial charge in [0.05, 0.1) is 6.61 Å². The molecular weight excluding hydrogens is 269 g/mol. The minimum absolute atomic E-state index is 0.464. The highest BCUT2D eigenvalue weighted by Gasteiger charge is 2.20. The molecule has 0 aromatic heterocycles. The van der Waals surface area contributed by atoms with Gasteiger partial charge in [-0.1, -0.05) is 17.7 Å². The molecule has 1 aliphatic heterocycles. The topological polar surface area (TPSA) is 12.5 Å². The molecule has 1 aromatic carbocycles. The van der Waals surface area contributed by atoms with Gasteiger partial charge in [-0.25, -0.2) is 0 Å². The van der Waals surface area contributed by atoms with E-state index in [0.29, 0.717) is 11.8 Å². The average Bonchev–Trinajstić information content (AvgIpc) is 2.39. The highest BCUT2D eigenvalue weighted by atomic mass is 35.5. The van der Waals surface area contributed by atoms with Crippen LogP contribution >= 0.6 is 23.2 Å². The van der Waals surface area contributed by atoms with Crippen molar-refractivity contribution in [3.63, 3.8) is 0 Å². The average molecular weight is 288 g/mol. The van der Waals surface area contributed by atoms with Crippen molar-refractivity contribution in [2.45, 2.75) is 18.7 Å². The summed E-state index contributed by atoms with van der Waals surface area (Å²) in [6, 6.07) is 6.15. The molecule has 2 nitrogen and oxygen atoms in total. The van der Waals surface area contributed by atoms with Gasteiger partial charge >= 0.3 is 0 Å². The van der Waals surface area contributed by atoms with Crippen LogP contribution in [-0.4, -0.2) is 26.8 Å². The number of anilines is 1. The van der Waals surface area contributed by atoms with Gasteiger partial charge in [0.25, 0.3) is 0 Å². The van der Waals surface area contributed by atoms with Gasteiger partial charge in [-0.2, -0.15) is 0 Å². The van der Waals surface area contributed by atoms with Crippen LogP contribution in [0.3, 0.4) is 0 Å². The molecule has 1 aromatic rings. The van der Waals surface area contributed by atoms with Crippen LogP contribution < -0.4 is 4.90 Å². The molecule has 0 spiro atoms. The zero-order valence-electron chi connectivity index (χ0n) is 10.7. The lowest BCUT2D eigenvalue weighted by molar-refractivity contribution is 0.143. The highest BCUT2D eigenvalue weighted by Crippen LogP contribution is 2.28. The van der Waals surface area contributed by atoms with Crippen molar-refractivity contribution in [2.24, 2.45) is 5.92 Å². The maximum absolute atomic E-state index is 6.21. The standard InChI is InChI=1S/C14H19Cl2NO/c1-18-10-11-3-2-6-17(9-11)13-5-4-12(8-15)14(16)7-13/h4-5,7,11H,2-3,6,8-10H2,1H3. The summed E-state index contributed by atoms with van der Waals surface area (Å²) in [6.45, 7) is 2.98. The van der Waals surface area contributed by atoms with Gasteiger partial charge in [-0.05, 0) is 36.5 Å². The maximum atomic E-state index is 6.21. The lowest BCUT2D eigenvalue weighted by atomic mass is 9.98. The number of benzene rings is 1. The van der Waals surface area contributed by atoms with E-state index < -0.39 is 0 Å². The summed E-state index contributed by atoms with van der Waals surface area (Å²) in [5.41, 5.74) is 2.18. The van der Waals surface area contributed by atoms with Crippen LogP contribution in [0, 0.1) is 5.92 Å². The number of nitrogens with zero attached hydrogens (tertiary/aromatic N) is 1. The van der Waals surface area contributed by atoms with Gasteiger partial charge in [0.15, 0.2) is 0 Å². The SMILES string of the molecule is COCC1CCCN(c2ccc(CCl)c(Cl)c2)C1. The number of hydrogen-bond acceptors (Lipinski definition) is 2. The predicted molar refractivity (Wildman–Crippen MR) is 77.8 cm³/mol. The zero-order chi connectivity index (χ0) is 13.0. The Kier molecular flexibility index (Phi) is 5.16. The third kappa shape index (κ3) is 3.31. The largest absolute Gasteiger partial charge is 0.384 e. The van der Waals surface area contributed by atoms with Crippen LogP contribution in [0.4, 0.5) is 5.69 Å². The molecule has 0 bridgehead atoms. The van der Waals surface area contributed by atoms with Gasteiger partial charge in [0, 0.05) is 36.8 Å². The Morgan fingerprint density at radius 2 is 2.28 bits per heavy atom. The summed E-state index contributed by atoms with van der Waals surface area (Å²) in [4.78, 5) is 2.39. The van der Waals surface area contributed by atoms with E-state index in [1.54, 1.807) is 7.11 Å². The predicted octanol–water partition coefficient (Wildman–Crippen LogP) is 3.94. The molecule has 2 rings (SSSR count). The van der Waals surface area contributed by atoms with E-state index in [2.05, 4.69) is 11.0 Å². The zero-order valence-corrected chi connectivity index (χ0v) is 12.2. The second-order valence-electron chi connectivity index (χ2n) is 4.82. The van der Waals surface area contributed by atoms with Crippen LogP contribution in [0.25, 0.3) is 0 Å². The number of alkyl halides is 1.